The lowest BCUT2D eigenvalue weighted by Gasteiger charge is -2.36. The van der Waals surface area contributed by atoms with Crippen LogP contribution in [0.25, 0.3) is 11.0 Å². The van der Waals surface area contributed by atoms with Gasteiger partial charge in [-0.05, 0) is 25.7 Å². The molecule has 2 aromatic rings. The van der Waals surface area contributed by atoms with Gasteiger partial charge in [0.15, 0.2) is 17.4 Å². The first kappa shape index (κ1) is 26.1. The van der Waals surface area contributed by atoms with E-state index in [9.17, 15) is 31.1 Å². The van der Waals surface area contributed by atoms with Gasteiger partial charge in [-0.2, -0.15) is 4.98 Å². The maximum Gasteiger partial charge on any atom is 0.297 e. The Morgan fingerprint density at radius 1 is 1.35 bits per heavy atom. The van der Waals surface area contributed by atoms with Gasteiger partial charge in [-0.15, -0.1) is 0 Å². The van der Waals surface area contributed by atoms with Crippen LogP contribution in [0.3, 0.4) is 0 Å². The molecule has 190 valence electrons. The minimum Gasteiger partial charge on any atom is -0.484 e. The van der Waals surface area contributed by atoms with Gasteiger partial charge in [0.1, 0.15) is 35.6 Å². The maximum absolute atomic E-state index is 14.7. The molecular weight excluding hydrogens is 470 g/mol. The Morgan fingerprint density at radius 3 is 2.68 bits per heavy atom. The Bertz CT molecular complexity index is 1030. The molecule has 0 unspecified atom stereocenters. The van der Waals surface area contributed by atoms with Gasteiger partial charge in [-0.25, -0.2) is 26.3 Å². The number of alkyl halides is 4. The molecule has 1 aromatic heterocycles. The molecule has 3 atom stereocenters. The number of fused-ring (bicyclic) bond motifs is 1. The van der Waals surface area contributed by atoms with Crippen molar-refractivity contribution in [2.75, 3.05) is 13.2 Å². The highest BCUT2D eigenvalue weighted by molar-refractivity contribution is 5.80. The highest BCUT2D eigenvalue weighted by Crippen LogP contribution is 2.37. The van der Waals surface area contributed by atoms with E-state index in [1.165, 1.54) is 14.0 Å². The van der Waals surface area contributed by atoms with Crippen LogP contribution < -0.4 is 9.47 Å². The van der Waals surface area contributed by atoms with Crippen molar-refractivity contribution in [1.29, 1.82) is 0 Å². The van der Waals surface area contributed by atoms with E-state index < -0.39 is 66.0 Å². The summed E-state index contributed by atoms with van der Waals surface area (Å²) in [6.45, 7) is 1.92. The molecule has 0 amide bonds. The number of nitrogens with zero attached hydrogens (tertiary/aromatic N) is 2. The van der Waals surface area contributed by atoms with Crippen LogP contribution in [0.1, 0.15) is 39.5 Å². The molecule has 1 aliphatic rings. The molecule has 12 heteroatoms. The summed E-state index contributed by atoms with van der Waals surface area (Å²) in [6, 6.07) is 0.253. The Morgan fingerprint density at radius 2 is 2.06 bits per heavy atom. The zero-order chi connectivity index (χ0) is 25.2. The van der Waals surface area contributed by atoms with Crippen molar-refractivity contribution in [3.8, 4) is 11.8 Å². The van der Waals surface area contributed by atoms with E-state index in [1.54, 1.807) is 0 Å². The van der Waals surface area contributed by atoms with E-state index in [2.05, 4.69) is 9.72 Å². The second-order valence-electron chi connectivity index (χ2n) is 8.64. The summed E-state index contributed by atoms with van der Waals surface area (Å²) in [5.74, 6) is -6.20. The number of carbonyl (C=O) groups is 1. The van der Waals surface area contributed by atoms with E-state index in [1.807, 2.05) is 6.92 Å². The van der Waals surface area contributed by atoms with Crippen LogP contribution >= 0.6 is 0 Å². The Hall–Kier alpha value is -2.50. The number of aromatic nitrogens is 2. The average molecular weight is 496 g/mol. The first-order chi connectivity index (χ1) is 15.9. The Kier molecular flexibility index (Phi) is 7.99. The van der Waals surface area contributed by atoms with Gasteiger partial charge < -0.3 is 19.0 Å². The molecular formula is C22H26F6N2O4. The fraction of sp³-hybridized carbons (Fsp3) is 0.636. The van der Waals surface area contributed by atoms with Gasteiger partial charge >= 0.3 is 0 Å². The summed E-state index contributed by atoms with van der Waals surface area (Å²) in [5.41, 5.74) is -0.875. The molecule has 1 aliphatic heterocycles. The molecule has 1 saturated heterocycles. The van der Waals surface area contributed by atoms with Gasteiger partial charge in [-0.1, -0.05) is 6.92 Å². The predicted molar refractivity (Wildman–Crippen MR) is 110 cm³/mol. The zero-order valence-corrected chi connectivity index (χ0v) is 18.9. The molecule has 0 bridgehead atoms. The number of hydrogen-bond acceptors (Lipinski definition) is 5. The molecule has 0 saturated carbocycles. The highest BCUT2D eigenvalue weighted by atomic mass is 19.3. The molecule has 1 aromatic carbocycles. The monoisotopic (exact) mass is 496 g/mol. The van der Waals surface area contributed by atoms with Crippen LogP contribution in [0.15, 0.2) is 6.07 Å². The van der Waals surface area contributed by atoms with Gasteiger partial charge in [0.2, 0.25) is 0 Å². The predicted octanol–water partition coefficient (Wildman–Crippen LogP) is 5.06. The number of rotatable bonds is 10. The number of benzene rings is 1. The van der Waals surface area contributed by atoms with E-state index in [4.69, 9.17) is 9.47 Å². The lowest BCUT2D eigenvalue weighted by molar-refractivity contribution is -0.202. The molecule has 3 rings (SSSR count). The molecule has 0 spiro atoms. The molecule has 2 heterocycles. The first-order valence-corrected chi connectivity index (χ1v) is 10.8. The topological polar surface area (TPSA) is 62.6 Å². The summed E-state index contributed by atoms with van der Waals surface area (Å²) in [5, 5.41) is 0. The number of ketones is 1. The second kappa shape index (κ2) is 10.4. The van der Waals surface area contributed by atoms with E-state index in [0.717, 1.165) is 4.57 Å². The third kappa shape index (κ3) is 5.94. The maximum atomic E-state index is 14.7. The summed E-state index contributed by atoms with van der Waals surface area (Å²) in [6.07, 6.45) is -5.31. The lowest BCUT2D eigenvalue weighted by Crippen LogP contribution is -2.48. The summed E-state index contributed by atoms with van der Waals surface area (Å²) in [4.78, 5) is 15.0. The molecule has 0 aliphatic carbocycles. The Labute approximate surface area is 192 Å². The van der Waals surface area contributed by atoms with Crippen molar-refractivity contribution in [3.63, 3.8) is 0 Å². The summed E-state index contributed by atoms with van der Waals surface area (Å²) in [7, 11) is 1.27. The van der Waals surface area contributed by atoms with Crippen molar-refractivity contribution in [3.05, 3.63) is 17.7 Å². The van der Waals surface area contributed by atoms with Crippen LogP contribution in [-0.2, 0) is 16.6 Å². The van der Waals surface area contributed by atoms with Crippen molar-refractivity contribution in [1.82, 2.24) is 9.55 Å². The normalized spacial score (nSPS) is 21.1. The highest BCUT2D eigenvalue weighted by Gasteiger charge is 2.47. The molecule has 0 radical (unpaired) electrons. The van der Waals surface area contributed by atoms with Gasteiger partial charge in [0.05, 0.1) is 13.0 Å². The smallest absolute Gasteiger partial charge is 0.297 e. The van der Waals surface area contributed by atoms with Crippen LogP contribution in [0, 0.1) is 17.6 Å². The zero-order valence-electron chi connectivity index (χ0n) is 18.9. The van der Waals surface area contributed by atoms with Crippen LogP contribution in [0.4, 0.5) is 26.3 Å². The van der Waals surface area contributed by atoms with Crippen LogP contribution in [0.5, 0.6) is 11.8 Å². The number of hydrogen-bond donors (Lipinski definition) is 0. The third-order valence-corrected chi connectivity index (χ3v) is 5.61. The number of ether oxygens (including phenoxy) is 3. The minimum atomic E-state index is -3.23. The van der Waals surface area contributed by atoms with Crippen molar-refractivity contribution >= 4 is 16.8 Å². The molecule has 0 N–H and O–H groups in total. The largest absolute Gasteiger partial charge is 0.484 e. The quantitative estimate of drug-likeness (QED) is 0.431. The minimum absolute atomic E-state index is 0.0136. The molecule has 6 nitrogen and oxygen atoms in total. The molecule has 1 fully saturated rings. The first-order valence-electron chi connectivity index (χ1n) is 10.8. The summed E-state index contributed by atoms with van der Waals surface area (Å²) < 4.78 is 99.7. The Balaban J connectivity index is 1.71. The average Bonchev–Trinajstić information content (AvgIpc) is 3.04. The van der Waals surface area contributed by atoms with Gasteiger partial charge in [0, 0.05) is 19.5 Å². The standard InChI is InChI=1S/C22H26F6N2O4/c1-11(6-12(2)31)4-5-16-22(27,28)8-13(9-33-16)34-21-29-19-14(23)7-15(32-10-17(24)25)18(26)20(19)30(21)3/h7,11,13,16-17H,4-6,8-10H2,1-3H3/t11-,13+,16+/m0/s1. The van der Waals surface area contributed by atoms with E-state index in [0.29, 0.717) is 18.9 Å². The SMILES string of the molecule is CC(=O)C[C@@H](C)CC[C@H]1OC[C@H](Oc2nc3c(F)cc(OCC(F)F)c(F)c3n2C)CC1(F)F. The summed E-state index contributed by atoms with van der Waals surface area (Å²) >= 11 is 0. The number of aryl methyl sites for hydroxylation is 1. The number of halogens is 6. The van der Waals surface area contributed by atoms with Crippen molar-refractivity contribution in [2.45, 2.75) is 64.1 Å². The van der Waals surface area contributed by atoms with Crippen LogP contribution in [-0.4, -0.2) is 53.1 Å². The van der Waals surface area contributed by atoms with Crippen LogP contribution in [0.2, 0.25) is 0 Å². The van der Waals surface area contributed by atoms with Gasteiger partial charge in [-0.3, -0.25) is 4.57 Å². The fourth-order valence-corrected chi connectivity index (χ4v) is 4.01. The lowest BCUT2D eigenvalue weighted by atomic mass is 9.93. The third-order valence-electron chi connectivity index (χ3n) is 5.61. The van der Waals surface area contributed by atoms with Gasteiger partial charge in [0.25, 0.3) is 18.4 Å². The van der Waals surface area contributed by atoms with E-state index in [-0.39, 0.29) is 30.7 Å². The number of carbonyl (C=O) groups excluding carboxylic acids is 1. The fourth-order valence-electron chi connectivity index (χ4n) is 4.01. The number of Topliss-reactive ketones (excluding diaryl/α,β-unsaturated/α-hetero) is 1. The van der Waals surface area contributed by atoms with Crippen molar-refractivity contribution in [2.24, 2.45) is 13.0 Å². The molecule has 34 heavy (non-hydrogen) atoms. The van der Waals surface area contributed by atoms with E-state index >= 15 is 0 Å². The van der Waals surface area contributed by atoms with Crippen molar-refractivity contribution < 1.29 is 45.3 Å². The number of imidazole rings is 1. The second-order valence-corrected chi connectivity index (χ2v) is 8.64.